The van der Waals surface area contributed by atoms with Gasteiger partial charge in [0.1, 0.15) is 0 Å². The van der Waals surface area contributed by atoms with Crippen LogP contribution in [0.4, 0.5) is 0 Å². The normalized spacial score (nSPS) is 27.3. The molecule has 4 rings (SSSR count). The number of Topliss-reactive ketones (excluding diaryl/α,β-unsaturated/α-hetero) is 1. The van der Waals surface area contributed by atoms with Crippen LogP contribution >= 0.6 is 0 Å². The quantitative estimate of drug-likeness (QED) is 0.689. The Morgan fingerprint density at radius 3 is 2.47 bits per heavy atom. The zero-order valence-corrected chi connectivity index (χ0v) is 20.9. The fourth-order valence-corrected chi connectivity index (χ4v) is 6.07. The third kappa shape index (κ3) is 3.85. The first-order valence-corrected chi connectivity index (χ1v) is 13.0. The highest BCUT2D eigenvalue weighted by Crippen LogP contribution is 2.54. The number of ketones is 1. The number of carbonyl (C=O) groups excluding carboxylic acids is 1. The van der Waals surface area contributed by atoms with Gasteiger partial charge >= 0.3 is 0 Å². The minimum Gasteiger partial charge on any atom is -0.342 e. The van der Waals surface area contributed by atoms with Gasteiger partial charge in [-0.2, -0.15) is 5.11 Å². The summed E-state index contributed by atoms with van der Waals surface area (Å²) in [4.78, 5) is 13.8. The molecule has 2 atom stereocenters. The zero-order valence-electron chi connectivity index (χ0n) is 20.0. The van der Waals surface area contributed by atoms with E-state index >= 15 is 0 Å². The highest BCUT2D eigenvalue weighted by molar-refractivity contribution is 7.90. The third-order valence-corrected chi connectivity index (χ3v) is 7.82. The van der Waals surface area contributed by atoms with E-state index in [-0.39, 0.29) is 27.6 Å². The number of dihydropyridines is 1. The number of benzene rings is 1. The summed E-state index contributed by atoms with van der Waals surface area (Å²) >= 11 is 0. The van der Waals surface area contributed by atoms with Gasteiger partial charge in [0.25, 0.3) is 0 Å². The second-order valence-corrected chi connectivity index (χ2v) is 13.6. The lowest BCUT2D eigenvalue weighted by atomic mass is 9.60. The Morgan fingerprint density at radius 1 is 1.16 bits per heavy atom. The molecule has 172 valence electrons. The summed E-state index contributed by atoms with van der Waals surface area (Å²) in [5.41, 5.74) is 2.42. The van der Waals surface area contributed by atoms with Crippen LogP contribution in [0.1, 0.15) is 66.4 Å². The maximum absolute atomic E-state index is 13.6. The van der Waals surface area contributed by atoms with Gasteiger partial charge in [-0.05, 0) is 48.3 Å². The fourth-order valence-electron chi connectivity index (χ4n) is 5.41. The number of nitrogens with zero attached hydrogens (tertiary/aromatic N) is 2. The number of hydrogen-bond acceptors (Lipinski definition) is 6. The van der Waals surface area contributed by atoms with E-state index in [0.717, 1.165) is 35.2 Å². The lowest BCUT2D eigenvalue weighted by Gasteiger charge is -2.45. The second kappa shape index (κ2) is 7.11. The fraction of sp³-hybridized carbons (Fsp3) is 0.560. The van der Waals surface area contributed by atoms with Crippen molar-refractivity contribution in [1.29, 1.82) is 0 Å². The number of allylic oxidation sites excluding steroid dienone is 2. The van der Waals surface area contributed by atoms with Crippen LogP contribution in [0.2, 0.25) is 0 Å². The van der Waals surface area contributed by atoms with Gasteiger partial charge in [-0.1, -0.05) is 46.8 Å². The molecule has 1 unspecified atom stereocenters. The molecule has 0 spiro atoms. The molecule has 7 heteroatoms. The smallest absolute Gasteiger partial charge is 0.175 e. The Morgan fingerprint density at radius 2 is 1.84 bits per heavy atom. The molecule has 0 aromatic heterocycles. The summed E-state index contributed by atoms with van der Waals surface area (Å²) in [5, 5.41) is 12.6. The van der Waals surface area contributed by atoms with Crippen molar-refractivity contribution in [2.45, 2.75) is 77.2 Å². The molecule has 0 saturated heterocycles. The molecule has 0 saturated carbocycles. The molecule has 0 fully saturated rings. The maximum atomic E-state index is 13.6. The van der Waals surface area contributed by atoms with Crippen LogP contribution in [0.5, 0.6) is 0 Å². The van der Waals surface area contributed by atoms with Crippen molar-refractivity contribution in [2.75, 3.05) is 6.26 Å². The van der Waals surface area contributed by atoms with Crippen molar-refractivity contribution >= 4 is 15.6 Å². The molecule has 1 aromatic carbocycles. The number of rotatable bonds is 3. The monoisotopic (exact) mass is 455 g/mol. The molecule has 1 N–H and O–H groups in total. The van der Waals surface area contributed by atoms with E-state index in [2.05, 4.69) is 50.2 Å². The predicted molar refractivity (Wildman–Crippen MR) is 125 cm³/mol. The average Bonchev–Trinajstić information content (AvgIpc) is 3.01. The first kappa shape index (κ1) is 22.9. The molecule has 0 bridgehead atoms. The van der Waals surface area contributed by atoms with Gasteiger partial charge in [-0.15, -0.1) is 5.11 Å². The summed E-state index contributed by atoms with van der Waals surface area (Å²) in [6.07, 6.45) is 3.17. The van der Waals surface area contributed by atoms with Crippen molar-refractivity contribution in [1.82, 2.24) is 5.32 Å². The number of carbonyl (C=O) groups is 1. The molecule has 32 heavy (non-hydrogen) atoms. The van der Waals surface area contributed by atoms with Crippen LogP contribution in [-0.2, 0) is 20.0 Å². The lowest BCUT2D eigenvalue weighted by Crippen LogP contribution is -2.46. The Balaban J connectivity index is 1.97. The molecule has 0 radical (unpaired) electrons. The first-order chi connectivity index (χ1) is 14.6. The van der Waals surface area contributed by atoms with Crippen LogP contribution in [0.25, 0.3) is 0 Å². The van der Waals surface area contributed by atoms with Crippen LogP contribution in [-0.4, -0.2) is 26.5 Å². The van der Waals surface area contributed by atoms with Gasteiger partial charge in [-0.25, -0.2) is 8.42 Å². The first-order valence-electron chi connectivity index (χ1n) is 11.1. The van der Waals surface area contributed by atoms with E-state index < -0.39 is 15.3 Å². The second-order valence-electron chi connectivity index (χ2n) is 11.6. The molecular formula is C25H33N3O3S. The van der Waals surface area contributed by atoms with Gasteiger partial charge in [0.2, 0.25) is 0 Å². The molecule has 0 amide bonds. The Hall–Kier alpha value is -2.28. The zero-order chi connectivity index (χ0) is 23.7. The molecule has 2 aliphatic heterocycles. The Kier molecular flexibility index (Phi) is 5.09. The van der Waals surface area contributed by atoms with Crippen molar-refractivity contribution < 1.29 is 13.2 Å². The number of nitrogens with one attached hydrogen (secondary N) is 1. The standard InChI is InChI=1S/C25H33N3O3S/c1-23(2,3)12-18-21-22(28-27-18)26-17-13-24(4,5)14-19(29)20(17)25(21,6)15-9-8-10-16(11-15)32(7,30)31/h8-11,18,26H,12-14H2,1-7H3/t18?,25-/m1/s1. The highest BCUT2D eigenvalue weighted by atomic mass is 32.2. The largest absolute Gasteiger partial charge is 0.342 e. The predicted octanol–water partition coefficient (Wildman–Crippen LogP) is 5.08. The highest BCUT2D eigenvalue weighted by Gasteiger charge is 2.52. The van der Waals surface area contributed by atoms with Crippen LogP contribution < -0.4 is 5.32 Å². The van der Waals surface area contributed by atoms with Crippen molar-refractivity contribution in [3.05, 3.63) is 52.5 Å². The van der Waals surface area contributed by atoms with Gasteiger partial charge in [0, 0.05) is 34.9 Å². The third-order valence-electron chi connectivity index (χ3n) is 6.71. The van der Waals surface area contributed by atoms with Crippen LogP contribution in [0, 0.1) is 10.8 Å². The summed E-state index contributed by atoms with van der Waals surface area (Å²) < 4.78 is 24.7. The lowest BCUT2D eigenvalue weighted by molar-refractivity contribution is -0.118. The number of hydrogen-bond donors (Lipinski definition) is 1. The maximum Gasteiger partial charge on any atom is 0.175 e. The van der Waals surface area contributed by atoms with Crippen molar-refractivity contribution in [3.63, 3.8) is 0 Å². The Bertz CT molecular complexity index is 1200. The van der Waals surface area contributed by atoms with Crippen molar-refractivity contribution in [2.24, 2.45) is 21.1 Å². The molecule has 1 aliphatic carbocycles. The van der Waals surface area contributed by atoms with Gasteiger partial charge in [0.15, 0.2) is 21.4 Å². The molecule has 3 aliphatic rings. The van der Waals surface area contributed by atoms with Gasteiger partial charge in [0.05, 0.1) is 10.9 Å². The van der Waals surface area contributed by atoms with E-state index in [0.29, 0.717) is 12.2 Å². The van der Waals surface area contributed by atoms with Crippen LogP contribution in [0.15, 0.2) is 62.1 Å². The summed E-state index contributed by atoms with van der Waals surface area (Å²) in [7, 11) is -3.40. The molecule has 6 nitrogen and oxygen atoms in total. The minimum atomic E-state index is -3.40. The van der Waals surface area contributed by atoms with Crippen molar-refractivity contribution in [3.8, 4) is 0 Å². The summed E-state index contributed by atoms with van der Waals surface area (Å²) in [6.45, 7) is 12.7. The Labute approximate surface area is 191 Å². The molecule has 1 aromatic rings. The van der Waals surface area contributed by atoms with E-state index in [9.17, 15) is 13.2 Å². The van der Waals surface area contributed by atoms with Crippen LogP contribution in [0.3, 0.4) is 0 Å². The SMILES string of the molecule is CC(C)(C)CC1N=NC2=C1[C@](C)(c1cccc(S(C)(=O)=O)c1)C1=C(CC(C)(C)CC1=O)N2. The van der Waals surface area contributed by atoms with E-state index in [1.165, 1.54) is 6.26 Å². The van der Waals surface area contributed by atoms with E-state index in [4.69, 9.17) is 0 Å². The minimum absolute atomic E-state index is 0.00881. The van der Waals surface area contributed by atoms with E-state index in [1.54, 1.807) is 18.2 Å². The number of azo groups is 1. The number of sulfone groups is 1. The molecular weight excluding hydrogens is 422 g/mol. The van der Waals surface area contributed by atoms with E-state index in [1.807, 2.05) is 13.0 Å². The summed E-state index contributed by atoms with van der Waals surface area (Å²) in [6, 6.07) is 6.83. The summed E-state index contributed by atoms with van der Waals surface area (Å²) in [5.74, 6) is 0.805. The average molecular weight is 456 g/mol. The topological polar surface area (TPSA) is 88.0 Å². The van der Waals surface area contributed by atoms with Gasteiger partial charge in [-0.3, -0.25) is 4.79 Å². The molecule has 2 heterocycles. The van der Waals surface area contributed by atoms with Gasteiger partial charge < -0.3 is 5.32 Å².